The van der Waals surface area contributed by atoms with E-state index in [2.05, 4.69) is 24.1 Å². The average Bonchev–Trinajstić information content (AvgIpc) is 1.98. The maximum atomic E-state index is 4.95. The van der Waals surface area contributed by atoms with E-state index in [1.165, 1.54) is 5.49 Å². The summed E-state index contributed by atoms with van der Waals surface area (Å²) in [5.41, 5.74) is 1.45. The van der Waals surface area contributed by atoms with E-state index in [0.29, 0.717) is 6.54 Å². The fourth-order valence-corrected chi connectivity index (χ4v) is 0.556. The van der Waals surface area contributed by atoms with Crippen molar-refractivity contribution >= 4 is 17.7 Å². The zero-order valence-corrected chi connectivity index (χ0v) is 6.78. The summed E-state index contributed by atoms with van der Waals surface area (Å²) in [6.45, 7) is 4.15. The van der Waals surface area contributed by atoms with Crippen molar-refractivity contribution in [3.05, 3.63) is 24.5 Å². The SMILES string of the molecule is C=C/C=C(/CNC=S)OC. The lowest BCUT2D eigenvalue weighted by atomic mass is 10.4. The number of ether oxygens (including phenoxy) is 1. The Morgan fingerprint density at radius 1 is 1.80 bits per heavy atom. The molecule has 0 aromatic carbocycles. The molecule has 0 saturated heterocycles. The second-order valence-corrected chi connectivity index (χ2v) is 1.81. The summed E-state index contributed by atoms with van der Waals surface area (Å²) in [6.07, 6.45) is 3.45. The molecule has 0 aliphatic heterocycles. The molecule has 0 aliphatic rings. The monoisotopic (exact) mass is 157 g/mol. The molecule has 0 rings (SSSR count). The van der Waals surface area contributed by atoms with E-state index >= 15 is 0 Å². The van der Waals surface area contributed by atoms with Crippen LogP contribution in [-0.4, -0.2) is 19.1 Å². The van der Waals surface area contributed by atoms with Crippen LogP contribution in [0.25, 0.3) is 0 Å². The highest BCUT2D eigenvalue weighted by molar-refractivity contribution is 7.78. The van der Waals surface area contributed by atoms with Crippen molar-refractivity contribution in [1.82, 2.24) is 5.32 Å². The summed E-state index contributed by atoms with van der Waals surface area (Å²) in [6, 6.07) is 0. The molecule has 0 amide bonds. The molecule has 1 N–H and O–H groups in total. The van der Waals surface area contributed by atoms with Crippen molar-refractivity contribution < 1.29 is 4.74 Å². The normalized spacial score (nSPS) is 10.3. The second kappa shape index (κ2) is 6.29. The maximum Gasteiger partial charge on any atom is 0.115 e. The van der Waals surface area contributed by atoms with Crippen molar-refractivity contribution in [3.8, 4) is 0 Å². The van der Waals surface area contributed by atoms with Crippen LogP contribution in [0.2, 0.25) is 0 Å². The van der Waals surface area contributed by atoms with Crippen molar-refractivity contribution in [2.24, 2.45) is 0 Å². The third-order valence-corrected chi connectivity index (χ3v) is 1.09. The fraction of sp³-hybridized carbons (Fsp3) is 0.286. The lowest BCUT2D eigenvalue weighted by Crippen LogP contribution is -2.14. The zero-order chi connectivity index (χ0) is 7.82. The Hall–Kier alpha value is -0.830. The summed E-state index contributed by atoms with van der Waals surface area (Å²) in [4.78, 5) is 0. The van der Waals surface area contributed by atoms with Crippen LogP contribution in [0.4, 0.5) is 0 Å². The van der Waals surface area contributed by atoms with Crippen molar-refractivity contribution in [1.29, 1.82) is 0 Å². The number of rotatable bonds is 5. The highest BCUT2D eigenvalue weighted by atomic mass is 32.1. The van der Waals surface area contributed by atoms with Crippen molar-refractivity contribution in [3.63, 3.8) is 0 Å². The van der Waals surface area contributed by atoms with Crippen LogP contribution >= 0.6 is 12.2 Å². The fourth-order valence-electron chi connectivity index (χ4n) is 0.473. The summed E-state index contributed by atoms with van der Waals surface area (Å²) in [7, 11) is 1.61. The van der Waals surface area contributed by atoms with Gasteiger partial charge in [-0.3, -0.25) is 0 Å². The molecule has 0 saturated carbocycles. The molecule has 0 aromatic rings. The van der Waals surface area contributed by atoms with E-state index in [9.17, 15) is 0 Å². The second-order valence-electron chi connectivity index (χ2n) is 1.57. The quantitative estimate of drug-likeness (QED) is 0.368. The van der Waals surface area contributed by atoms with E-state index in [1.54, 1.807) is 19.3 Å². The van der Waals surface area contributed by atoms with Gasteiger partial charge in [-0.15, -0.1) is 0 Å². The molecule has 0 bridgehead atoms. The van der Waals surface area contributed by atoms with Gasteiger partial charge in [-0.25, -0.2) is 0 Å². The summed E-state index contributed by atoms with van der Waals surface area (Å²) in [5, 5.41) is 2.83. The Labute approximate surface area is 66.6 Å². The predicted octanol–water partition coefficient (Wildman–Crippen LogP) is 1.25. The minimum absolute atomic E-state index is 0.617. The van der Waals surface area contributed by atoms with Gasteiger partial charge < -0.3 is 10.1 Å². The summed E-state index contributed by atoms with van der Waals surface area (Å²) < 4.78 is 4.95. The topological polar surface area (TPSA) is 21.3 Å². The van der Waals surface area contributed by atoms with Gasteiger partial charge in [-0.1, -0.05) is 24.9 Å². The predicted molar refractivity (Wildman–Crippen MR) is 46.9 cm³/mol. The molecule has 0 fully saturated rings. The molecular weight excluding hydrogens is 146 g/mol. The molecule has 56 valence electrons. The Balaban J connectivity index is 3.70. The molecule has 0 heterocycles. The number of thiocarbonyl (C=S) groups is 1. The summed E-state index contributed by atoms with van der Waals surface area (Å²) >= 11 is 4.56. The minimum atomic E-state index is 0.617. The van der Waals surface area contributed by atoms with E-state index in [-0.39, 0.29) is 0 Å². The Morgan fingerprint density at radius 2 is 2.50 bits per heavy atom. The van der Waals surface area contributed by atoms with Gasteiger partial charge in [0.1, 0.15) is 5.76 Å². The molecule has 2 nitrogen and oxygen atoms in total. The average molecular weight is 157 g/mol. The van der Waals surface area contributed by atoms with Gasteiger partial charge in [0.15, 0.2) is 0 Å². The van der Waals surface area contributed by atoms with Gasteiger partial charge in [0, 0.05) is 0 Å². The minimum Gasteiger partial charge on any atom is -0.499 e. The Morgan fingerprint density at radius 3 is 2.90 bits per heavy atom. The van der Waals surface area contributed by atoms with Crippen LogP contribution in [-0.2, 0) is 4.74 Å². The van der Waals surface area contributed by atoms with Crippen LogP contribution in [0.1, 0.15) is 0 Å². The molecular formula is C7H11NOS. The van der Waals surface area contributed by atoms with Gasteiger partial charge >= 0.3 is 0 Å². The van der Waals surface area contributed by atoms with Crippen molar-refractivity contribution in [2.75, 3.05) is 13.7 Å². The number of hydrogen-bond acceptors (Lipinski definition) is 2. The standard InChI is InChI=1S/C7H11NOS/c1-3-4-7(9-2)5-8-6-10/h3-4,6H,1,5H2,2H3,(H,8,10)/b7-4-. The molecule has 0 radical (unpaired) electrons. The first-order valence-corrected chi connectivity index (χ1v) is 3.35. The van der Waals surface area contributed by atoms with Gasteiger partial charge in [0.05, 0.1) is 19.1 Å². The van der Waals surface area contributed by atoms with Crippen LogP contribution in [0.3, 0.4) is 0 Å². The largest absolute Gasteiger partial charge is 0.499 e. The first kappa shape index (κ1) is 9.17. The highest BCUT2D eigenvalue weighted by Crippen LogP contribution is 1.91. The molecule has 0 aliphatic carbocycles. The third kappa shape index (κ3) is 4.09. The van der Waals surface area contributed by atoms with Crippen LogP contribution in [0.5, 0.6) is 0 Å². The lowest BCUT2D eigenvalue weighted by Gasteiger charge is -2.03. The van der Waals surface area contributed by atoms with E-state index in [0.717, 1.165) is 5.76 Å². The van der Waals surface area contributed by atoms with Crippen LogP contribution < -0.4 is 5.32 Å². The molecule has 0 unspecified atom stereocenters. The maximum absolute atomic E-state index is 4.95. The van der Waals surface area contributed by atoms with E-state index in [4.69, 9.17) is 4.74 Å². The first-order chi connectivity index (χ1) is 4.85. The van der Waals surface area contributed by atoms with E-state index in [1.807, 2.05) is 0 Å². The highest BCUT2D eigenvalue weighted by Gasteiger charge is 1.89. The molecule has 0 atom stereocenters. The zero-order valence-electron chi connectivity index (χ0n) is 5.96. The lowest BCUT2D eigenvalue weighted by molar-refractivity contribution is 0.284. The number of allylic oxidation sites excluding steroid dienone is 2. The number of nitrogens with one attached hydrogen (secondary N) is 1. The van der Waals surface area contributed by atoms with Gasteiger partial charge in [0.25, 0.3) is 0 Å². The third-order valence-electron chi connectivity index (χ3n) is 0.926. The molecule has 10 heavy (non-hydrogen) atoms. The van der Waals surface area contributed by atoms with E-state index < -0.39 is 0 Å². The molecule has 0 spiro atoms. The summed E-state index contributed by atoms with van der Waals surface area (Å²) in [5.74, 6) is 0.816. The van der Waals surface area contributed by atoms with Gasteiger partial charge in [-0.05, 0) is 6.08 Å². The van der Waals surface area contributed by atoms with Gasteiger partial charge in [-0.2, -0.15) is 0 Å². The molecule has 3 heteroatoms. The van der Waals surface area contributed by atoms with Crippen LogP contribution in [0, 0.1) is 0 Å². The Kier molecular flexibility index (Phi) is 5.77. The Bertz CT molecular complexity index is 143. The van der Waals surface area contributed by atoms with Crippen LogP contribution in [0.15, 0.2) is 24.5 Å². The number of methoxy groups -OCH3 is 1. The molecule has 0 aromatic heterocycles. The van der Waals surface area contributed by atoms with Gasteiger partial charge in [0.2, 0.25) is 0 Å². The number of hydrogen-bond donors (Lipinski definition) is 1. The smallest absolute Gasteiger partial charge is 0.115 e. The van der Waals surface area contributed by atoms with Crippen molar-refractivity contribution in [2.45, 2.75) is 0 Å². The first-order valence-electron chi connectivity index (χ1n) is 2.87.